The molecule has 1 heterocycles. The number of amides is 2. The summed E-state index contributed by atoms with van der Waals surface area (Å²) in [5.74, 6) is 1.03. The van der Waals surface area contributed by atoms with Gasteiger partial charge in [0.15, 0.2) is 11.5 Å². The molecule has 2 amide bonds. The van der Waals surface area contributed by atoms with E-state index in [9.17, 15) is 9.59 Å². The van der Waals surface area contributed by atoms with Crippen LogP contribution in [0.25, 0.3) is 0 Å². The monoisotopic (exact) mass is 474 g/mol. The zero-order valence-corrected chi connectivity index (χ0v) is 20.3. The van der Waals surface area contributed by atoms with E-state index in [0.717, 1.165) is 12.1 Å². The number of fused-ring (bicyclic) bond motifs is 1. The Bertz CT molecular complexity index is 1180. The molecule has 4 rings (SSSR count). The van der Waals surface area contributed by atoms with Crippen LogP contribution in [0, 0.1) is 0 Å². The molecule has 35 heavy (non-hydrogen) atoms. The maximum Gasteiger partial charge on any atom is 0.258 e. The van der Waals surface area contributed by atoms with Gasteiger partial charge in [0.05, 0.1) is 19.8 Å². The van der Waals surface area contributed by atoms with Crippen LogP contribution in [-0.4, -0.2) is 38.2 Å². The Labute approximate surface area is 205 Å². The molecule has 0 saturated carbocycles. The predicted molar refractivity (Wildman–Crippen MR) is 136 cm³/mol. The minimum atomic E-state index is -0.317. The molecule has 7 nitrogen and oxygen atoms in total. The van der Waals surface area contributed by atoms with Gasteiger partial charge in [0.2, 0.25) is 5.75 Å². The molecule has 0 fully saturated rings. The molecular weight excluding hydrogens is 444 g/mol. The van der Waals surface area contributed by atoms with Crippen molar-refractivity contribution < 1.29 is 23.8 Å². The molecule has 0 spiro atoms. The van der Waals surface area contributed by atoms with Crippen LogP contribution in [0.3, 0.4) is 0 Å². The summed E-state index contributed by atoms with van der Waals surface area (Å²) in [6.45, 7) is 7.57. The maximum atomic E-state index is 13.0. The topological polar surface area (TPSA) is 77.1 Å². The van der Waals surface area contributed by atoms with Crippen LogP contribution < -0.4 is 24.4 Å². The lowest BCUT2D eigenvalue weighted by atomic mass is 10.1. The van der Waals surface area contributed by atoms with Crippen LogP contribution in [-0.2, 0) is 6.42 Å². The first-order valence-corrected chi connectivity index (χ1v) is 11.9. The number of ether oxygens (including phenoxy) is 3. The lowest BCUT2D eigenvalue weighted by Gasteiger charge is -2.18. The number of hydrogen-bond donors (Lipinski definition) is 1. The van der Waals surface area contributed by atoms with E-state index in [1.807, 2.05) is 39.0 Å². The third-order valence-corrected chi connectivity index (χ3v) is 5.69. The summed E-state index contributed by atoms with van der Waals surface area (Å²) in [7, 11) is 0. The lowest BCUT2D eigenvalue weighted by Crippen LogP contribution is -2.28. The number of rotatable bonds is 9. The van der Waals surface area contributed by atoms with Gasteiger partial charge in [-0.3, -0.25) is 9.59 Å². The second-order valence-corrected chi connectivity index (χ2v) is 7.97. The van der Waals surface area contributed by atoms with Gasteiger partial charge in [-0.15, -0.1) is 0 Å². The van der Waals surface area contributed by atoms with Gasteiger partial charge in [0.1, 0.15) is 0 Å². The Balaban J connectivity index is 1.51. The Kier molecular flexibility index (Phi) is 7.55. The van der Waals surface area contributed by atoms with Gasteiger partial charge in [-0.1, -0.05) is 18.2 Å². The highest BCUT2D eigenvalue weighted by molar-refractivity contribution is 6.08. The molecule has 0 radical (unpaired) electrons. The van der Waals surface area contributed by atoms with E-state index in [1.165, 1.54) is 5.56 Å². The van der Waals surface area contributed by atoms with Crippen LogP contribution in [0.4, 0.5) is 11.4 Å². The molecule has 0 atom stereocenters. The number of hydrogen-bond acceptors (Lipinski definition) is 5. The highest BCUT2D eigenvalue weighted by atomic mass is 16.5. The van der Waals surface area contributed by atoms with Gasteiger partial charge in [0.25, 0.3) is 11.8 Å². The molecule has 1 N–H and O–H groups in total. The summed E-state index contributed by atoms with van der Waals surface area (Å²) < 4.78 is 17.1. The fourth-order valence-electron chi connectivity index (χ4n) is 4.12. The van der Waals surface area contributed by atoms with E-state index in [1.54, 1.807) is 41.3 Å². The van der Waals surface area contributed by atoms with Crippen LogP contribution in [0.15, 0.2) is 60.7 Å². The van der Waals surface area contributed by atoms with Crippen molar-refractivity contribution >= 4 is 23.2 Å². The highest BCUT2D eigenvalue weighted by Gasteiger charge is 2.25. The van der Waals surface area contributed by atoms with E-state index in [2.05, 4.69) is 11.4 Å². The summed E-state index contributed by atoms with van der Waals surface area (Å²) in [6.07, 6.45) is 0.853. The Morgan fingerprint density at radius 2 is 1.46 bits per heavy atom. The average molecular weight is 475 g/mol. The summed E-state index contributed by atoms with van der Waals surface area (Å²) >= 11 is 0. The predicted octanol–water partition coefficient (Wildman–Crippen LogP) is 5.34. The molecule has 3 aromatic rings. The SMILES string of the molecule is CCOc1cc(C(=O)Nc2ccc(C(=O)N3CCc4ccccc43)cc2)cc(OCC)c1OCC. The van der Waals surface area contributed by atoms with Crippen molar-refractivity contribution in [2.45, 2.75) is 27.2 Å². The minimum absolute atomic E-state index is 0.0537. The normalized spacial score (nSPS) is 12.1. The maximum absolute atomic E-state index is 13.0. The van der Waals surface area contributed by atoms with Crippen LogP contribution >= 0.6 is 0 Å². The lowest BCUT2D eigenvalue weighted by molar-refractivity contribution is 0.0988. The first kappa shape index (κ1) is 24.1. The number of nitrogens with one attached hydrogen (secondary N) is 1. The van der Waals surface area contributed by atoms with Crippen molar-refractivity contribution in [2.75, 3.05) is 36.6 Å². The van der Waals surface area contributed by atoms with E-state index in [-0.39, 0.29) is 11.8 Å². The Hall–Kier alpha value is -4.00. The molecule has 1 aliphatic rings. The van der Waals surface area contributed by atoms with Crippen LogP contribution in [0.5, 0.6) is 17.2 Å². The van der Waals surface area contributed by atoms with Gasteiger partial charge in [-0.2, -0.15) is 0 Å². The number of benzene rings is 3. The Morgan fingerprint density at radius 1 is 0.829 bits per heavy atom. The number of carbonyl (C=O) groups is 2. The number of para-hydroxylation sites is 1. The average Bonchev–Trinajstić information content (AvgIpc) is 3.30. The largest absolute Gasteiger partial charge is 0.490 e. The summed E-state index contributed by atoms with van der Waals surface area (Å²) in [5.41, 5.74) is 3.67. The smallest absolute Gasteiger partial charge is 0.258 e. The molecule has 0 bridgehead atoms. The zero-order chi connectivity index (χ0) is 24.8. The fraction of sp³-hybridized carbons (Fsp3) is 0.286. The third-order valence-electron chi connectivity index (χ3n) is 5.69. The molecular formula is C28H30N2O5. The van der Waals surface area contributed by atoms with E-state index in [0.29, 0.717) is 60.4 Å². The van der Waals surface area contributed by atoms with Crippen molar-refractivity contribution in [1.29, 1.82) is 0 Å². The number of anilines is 2. The van der Waals surface area contributed by atoms with Gasteiger partial charge < -0.3 is 24.4 Å². The van der Waals surface area contributed by atoms with Gasteiger partial charge in [0, 0.05) is 29.0 Å². The van der Waals surface area contributed by atoms with Crippen LogP contribution in [0.2, 0.25) is 0 Å². The van der Waals surface area contributed by atoms with Gasteiger partial charge in [-0.05, 0) is 75.2 Å². The van der Waals surface area contributed by atoms with Gasteiger partial charge in [-0.25, -0.2) is 0 Å². The van der Waals surface area contributed by atoms with E-state index >= 15 is 0 Å². The summed E-state index contributed by atoms with van der Waals surface area (Å²) in [6, 6.07) is 18.2. The molecule has 3 aromatic carbocycles. The second kappa shape index (κ2) is 11.0. The third kappa shape index (κ3) is 5.24. The van der Waals surface area contributed by atoms with Crippen molar-refractivity contribution in [3.63, 3.8) is 0 Å². The zero-order valence-electron chi connectivity index (χ0n) is 20.3. The molecule has 1 aliphatic heterocycles. The summed E-state index contributed by atoms with van der Waals surface area (Å²) in [5, 5.41) is 2.88. The number of nitrogens with zero attached hydrogens (tertiary/aromatic N) is 1. The minimum Gasteiger partial charge on any atom is -0.490 e. The summed E-state index contributed by atoms with van der Waals surface area (Å²) in [4.78, 5) is 27.9. The standard InChI is InChI=1S/C28H30N2O5/c1-4-33-24-17-21(18-25(34-5-2)26(24)35-6-3)27(31)29-22-13-11-20(12-14-22)28(32)30-16-15-19-9-7-8-10-23(19)30/h7-14,17-18H,4-6,15-16H2,1-3H3,(H,29,31). The molecule has 0 aromatic heterocycles. The molecule has 0 unspecified atom stereocenters. The van der Waals surface area contributed by atoms with Crippen molar-refractivity contribution in [3.05, 3.63) is 77.4 Å². The number of carbonyl (C=O) groups excluding carboxylic acids is 2. The molecule has 0 aliphatic carbocycles. The molecule has 0 saturated heterocycles. The van der Waals surface area contributed by atoms with Crippen molar-refractivity contribution in [2.24, 2.45) is 0 Å². The molecule has 7 heteroatoms. The van der Waals surface area contributed by atoms with E-state index < -0.39 is 0 Å². The molecule has 182 valence electrons. The van der Waals surface area contributed by atoms with Crippen molar-refractivity contribution in [3.8, 4) is 17.2 Å². The van der Waals surface area contributed by atoms with E-state index in [4.69, 9.17) is 14.2 Å². The first-order valence-electron chi connectivity index (χ1n) is 11.9. The fourth-order valence-corrected chi connectivity index (χ4v) is 4.12. The van der Waals surface area contributed by atoms with Gasteiger partial charge >= 0.3 is 0 Å². The Morgan fingerprint density at radius 3 is 2.09 bits per heavy atom. The second-order valence-electron chi connectivity index (χ2n) is 7.97. The first-order chi connectivity index (χ1) is 17.0. The quantitative estimate of drug-likeness (QED) is 0.453. The van der Waals surface area contributed by atoms with Crippen molar-refractivity contribution in [1.82, 2.24) is 0 Å². The van der Waals surface area contributed by atoms with Crippen LogP contribution in [0.1, 0.15) is 47.1 Å². The highest BCUT2D eigenvalue weighted by Crippen LogP contribution is 2.39.